The Bertz CT molecular complexity index is 499. The van der Waals surface area contributed by atoms with Crippen LogP contribution < -0.4 is 16.8 Å². The summed E-state index contributed by atoms with van der Waals surface area (Å²) in [4.78, 5) is 21.0. The van der Waals surface area contributed by atoms with Gasteiger partial charge in [0.15, 0.2) is 5.03 Å². The van der Waals surface area contributed by atoms with Crippen molar-refractivity contribution < 1.29 is 14.9 Å². The lowest BCUT2D eigenvalue weighted by molar-refractivity contribution is -0.485. The number of hydrogen-bond acceptors (Lipinski definition) is 4. The summed E-state index contributed by atoms with van der Waals surface area (Å²) in [6.45, 7) is -0.0208. The van der Waals surface area contributed by atoms with Gasteiger partial charge in [-0.2, -0.15) is 0 Å². The van der Waals surface area contributed by atoms with Crippen molar-refractivity contribution >= 4 is 17.6 Å². The highest BCUT2D eigenvalue weighted by Gasteiger charge is 2.17. The van der Waals surface area contributed by atoms with Gasteiger partial charge in [-0.25, -0.2) is 10.1 Å². The number of hydrogen-bond donors (Lipinski definition) is 4. The molecule has 0 amide bonds. The molecule has 0 heterocycles. The van der Waals surface area contributed by atoms with E-state index in [9.17, 15) is 14.9 Å². The van der Waals surface area contributed by atoms with Gasteiger partial charge in [0, 0.05) is 12.2 Å². The third-order valence-electron chi connectivity index (χ3n) is 2.31. The minimum Gasteiger partial charge on any atom is -0.481 e. The molecule has 1 aromatic rings. The number of nitro groups is 1. The Morgan fingerprint density at radius 1 is 1.47 bits per heavy atom. The van der Waals surface area contributed by atoms with E-state index < -0.39 is 16.9 Å². The van der Waals surface area contributed by atoms with Gasteiger partial charge >= 0.3 is 5.97 Å². The van der Waals surface area contributed by atoms with Crippen molar-refractivity contribution in [3.8, 4) is 0 Å². The zero-order chi connectivity index (χ0) is 14.4. The van der Waals surface area contributed by atoms with Crippen molar-refractivity contribution in [2.45, 2.75) is 5.92 Å². The number of hydrazone groups is 1. The molecular weight excluding hydrogens is 254 g/mol. The highest BCUT2D eigenvalue weighted by molar-refractivity contribution is 5.91. The first-order valence-corrected chi connectivity index (χ1v) is 5.22. The van der Waals surface area contributed by atoms with Crippen molar-refractivity contribution in [2.75, 3.05) is 11.9 Å². The SMILES string of the molecule is NCC(C(=O)O)c1ccc(NC(N)=N[N+](=O)[O-])cc1. The van der Waals surface area contributed by atoms with Crippen LogP contribution in [-0.2, 0) is 4.79 Å². The van der Waals surface area contributed by atoms with Crippen LogP contribution in [-0.4, -0.2) is 28.6 Å². The third kappa shape index (κ3) is 4.24. The van der Waals surface area contributed by atoms with Crippen LogP contribution in [0.4, 0.5) is 5.69 Å². The van der Waals surface area contributed by atoms with Gasteiger partial charge in [0.25, 0.3) is 5.96 Å². The molecule has 0 saturated heterocycles. The summed E-state index contributed by atoms with van der Waals surface area (Å²) < 4.78 is 0. The van der Waals surface area contributed by atoms with E-state index in [1.165, 1.54) is 12.1 Å². The van der Waals surface area contributed by atoms with E-state index >= 15 is 0 Å². The Kier molecular flexibility index (Phi) is 4.77. The molecule has 9 nitrogen and oxygen atoms in total. The first kappa shape index (κ1) is 14.4. The van der Waals surface area contributed by atoms with E-state index in [2.05, 4.69) is 10.4 Å². The Labute approximate surface area is 108 Å². The van der Waals surface area contributed by atoms with E-state index in [4.69, 9.17) is 16.6 Å². The van der Waals surface area contributed by atoms with Gasteiger partial charge < -0.3 is 21.9 Å². The monoisotopic (exact) mass is 267 g/mol. The van der Waals surface area contributed by atoms with Crippen molar-refractivity contribution in [3.05, 3.63) is 39.9 Å². The number of guanidine groups is 1. The van der Waals surface area contributed by atoms with Crippen molar-refractivity contribution in [1.82, 2.24) is 0 Å². The maximum absolute atomic E-state index is 10.9. The Morgan fingerprint density at radius 2 is 2.05 bits per heavy atom. The van der Waals surface area contributed by atoms with E-state index in [1.54, 1.807) is 12.1 Å². The zero-order valence-corrected chi connectivity index (χ0v) is 9.81. The molecule has 6 N–H and O–H groups in total. The fraction of sp³-hybridized carbons (Fsp3) is 0.200. The van der Waals surface area contributed by atoms with Crippen LogP contribution in [0.25, 0.3) is 0 Å². The van der Waals surface area contributed by atoms with Gasteiger partial charge in [0.05, 0.1) is 5.92 Å². The summed E-state index contributed by atoms with van der Waals surface area (Å²) in [5.41, 5.74) is 11.6. The second-order valence-corrected chi connectivity index (χ2v) is 3.60. The number of nitrogens with one attached hydrogen (secondary N) is 1. The summed E-state index contributed by atoms with van der Waals surface area (Å²) >= 11 is 0. The van der Waals surface area contributed by atoms with Crippen molar-refractivity contribution in [3.63, 3.8) is 0 Å². The van der Waals surface area contributed by atoms with Gasteiger partial charge in [-0.15, -0.1) is 0 Å². The van der Waals surface area contributed by atoms with Crippen molar-refractivity contribution in [1.29, 1.82) is 0 Å². The molecule has 1 unspecified atom stereocenters. The maximum Gasteiger partial charge on any atom is 0.312 e. The summed E-state index contributed by atoms with van der Waals surface area (Å²) in [6, 6.07) is 6.16. The van der Waals surface area contributed by atoms with Crippen LogP contribution in [0, 0.1) is 10.1 Å². The number of benzene rings is 1. The first-order chi connectivity index (χ1) is 8.93. The molecule has 0 aromatic heterocycles. The van der Waals surface area contributed by atoms with Crippen LogP contribution in [0.5, 0.6) is 0 Å². The van der Waals surface area contributed by atoms with E-state index in [0.29, 0.717) is 11.3 Å². The second kappa shape index (κ2) is 6.31. The number of carbonyl (C=O) groups is 1. The summed E-state index contributed by atoms with van der Waals surface area (Å²) in [7, 11) is 0. The maximum atomic E-state index is 10.9. The highest BCUT2D eigenvalue weighted by Crippen LogP contribution is 2.17. The number of carboxylic acids is 1. The Hall–Kier alpha value is -2.68. The highest BCUT2D eigenvalue weighted by atomic mass is 16.7. The molecule has 0 aliphatic rings. The smallest absolute Gasteiger partial charge is 0.312 e. The Morgan fingerprint density at radius 3 is 2.47 bits per heavy atom. The first-order valence-electron chi connectivity index (χ1n) is 5.22. The van der Waals surface area contributed by atoms with Crippen LogP contribution in [0.1, 0.15) is 11.5 Å². The lowest BCUT2D eigenvalue weighted by Crippen LogP contribution is -2.24. The fourth-order valence-electron chi connectivity index (χ4n) is 1.44. The van der Waals surface area contributed by atoms with Crippen LogP contribution in [0.3, 0.4) is 0 Å². The van der Waals surface area contributed by atoms with E-state index in [1.807, 2.05) is 0 Å². The minimum absolute atomic E-state index is 0.0208. The largest absolute Gasteiger partial charge is 0.481 e. The normalized spacial score (nSPS) is 12.8. The predicted octanol–water partition coefficient (Wildman–Crippen LogP) is -0.268. The molecule has 0 saturated carbocycles. The molecule has 1 aromatic carbocycles. The molecule has 1 rings (SSSR count). The van der Waals surface area contributed by atoms with Crippen LogP contribution >= 0.6 is 0 Å². The molecule has 9 heteroatoms. The molecular formula is C10H13N5O4. The van der Waals surface area contributed by atoms with Gasteiger partial charge in [-0.1, -0.05) is 12.1 Å². The third-order valence-corrected chi connectivity index (χ3v) is 2.31. The Balaban J connectivity index is 2.82. The van der Waals surface area contributed by atoms with E-state index in [-0.39, 0.29) is 12.5 Å². The minimum atomic E-state index is -1.02. The number of nitrogens with zero attached hydrogens (tertiary/aromatic N) is 2. The second-order valence-electron chi connectivity index (χ2n) is 3.60. The molecule has 0 bridgehead atoms. The average molecular weight is 267 g/mol. The summed E-state index contributed by atoms with van der Waals surface area (Å²) in [5.74, 6) is -2.18. The van der Waals surface area contributed by atoms with Crippen LogP contribution in [0.15, 0.2) is 29.4 Å². The molecule has 19 heavy (non-hydrogen) atoms. The topological polar surface area (TPSA) is 157 Å². The van der Waals surface area contributed by atoms with Crippen LogP contribution in [0.2, 0.25) is 0 Å². The fourth-order valence-corrected chi connectivity index (χ4v) is 1.44. The number of anilines is 1. The standard InChI is InChI=1S/C10H13N5O4/c11-5-8(9(16)17)6-1-3-7(4-2-6)13-10(12)14-15(18)19/h1-4,8H,5,11H2,(H,16,17)(H3,12,13,14). The lowest BCUT2D eigenvalue weighted by atomic mass is 9.99. The van der Waals surface area contributed by atoms with Gasteiger partial charge in [-0.3, -0.25) is 4.79 Å². The summed E-state index contributed by atoms with van der Waals surface area (Å²) in [5, 5.41) is 23.4. The molecule has 0 fully saturated rings. The number of carboxylic acid groups (broad SMARTS) is 1. The lowest BCUT2D eigenvalue weighted by Gasteiger charge is -2.10. The number of aliphatic carboxylic acids is 1. The molecule has 102 valence electrons. The van der Waals surface area contributed by atoms with E-state index in [0.717, 1.165) is 0 Å². The number of rotatable bonds is 5. The molecule has 1 atom stereocenters. The molecule has 0 aliphatic heterocycles. The van der Waals surface area contributed by atoms with Gasteiger partial charge in [0.1, 0.15) is 5.10 Å². The average Bonchev–Trinajstić information content (AvgIpc) is 2.30. The zero-order valence-electron chi connectivity index (χ0n) is 9.81. The number of nitrogens with two attached hydrogens (primary N) is 2. The van der Waals surface area contributed by atoms with Gasteiger partial charge in [-0.05, 0) is 17.7 Å². The molecule has 0 spiro atoms. The summed E-state index contributed by atoms with van der Waals surface area (Å²) in [6.07, 6.45) is 0. The molecule has 0 radical (unpaired) electrons. The molecule has 0 aliphatic carbocycles. The van der Waals surface area contributed by atoms with Crippen molar-refractivity contribution in [2.24, 2.45) is 16.6 Å². The predicted molar refractivity (Wildman–Crippen MR) is 68.1 cm³/mol. The van der Waals surface area contributed by atoms with Gasteiger partial charge in [0.2, 0.25) is 0 Å². The quantitative estimate of drug-likeness (QED) is 0.247.